The van der Waals surface area contributed by atoms with Crippen molar-refractivity contribution in [1.29, 1.82) is 0 Å². The predicted molar refractivity (Wildman–Crippen MR) is 87.5 cm³/mol. The number of aromatic nitrogens is 2. The molecule has 0 amide bonds. The monoisotopic (exact) mass is 290 g/mol. The molecule has 2 aromatic heterocycles. The van der Waals surface area contributed by atoms with Gasteiger partial charge in [0.05, 0.1) is 21.7 Å². The molecular weight excluding hydrogens is 280 g/mol. The summed E-state index contributed by atoms with van der Waals surface area (Å²) in [5, 5.41) is 2.76. The Hall–Kier alpha value is -2.45. The highest BCUT2D eigenvalue weighted by molar-refractivity contribution is 6.38. The van der Waals surface area contributed by atoms with Crippen LogP contribution in [0.2, 0.25) is 5.02 Å². The lowest BCUT2D eigenvalue weighted by Crippen LogP contribution is -1.89. The van der Waals surface area contributed by atoms with Crippen LogP contribution in [0.1, 0.15) is 0 Å². The van der Waals surface area contributed by atoms with Crippen LogP contribution in [-0.2, 0) is 0 Å². The highest BCUT2D eigenvalue weighted by Gasteiger charge is 2.10. The quantitative estimate of drug-likeness (QED) is 0.487. The van der Waals surface area contributed by atoms with Crippen LogP contribution in [0, 0.1) is 0 Å². The van der Waals surface area contributed by atoms with Gasteiger partial charge in [-0.3, -0.25) is 4.98 Å². The molecule has 0 aliphatic rings. The van der Waals surface area contributed by atoms with Gasteiger partial charge >= 0.3 is 0 Å². The second kappa shape index (κ2) is 4.83. The Kier molecular flexibility index (Phi) is 2.83. The third-order valence-electron chi connectivity index (χ3n) is 3.58. The number of fused-ring (bicyclic) bond motifs is 2. The molecule has 100 valence electrons. The van der Waals surface area contributed by atoms with Gasteiger partial charge in [-0.25, -0.2) is 4.98 Å². The zero-order valence-corrected chi connectivity index (χ0v) is 11.9. The van der Waals surface area contributed by atoms with E-state index in [2.05, 4.69) is 16.0 Å². The van der Waals surface area contributed by atoms with Gasteiger partial charge in [-0.2, -0.15) is 0 Å². The van der Waals surface area contributed by atoms with Gasteiger partial charge in [0.2, 0.25) is 0 Å². The molecule has 0 atom stereocenters. The fourth-order valence-electron chi connectivity index (χ4n) is 2.50. The molecule has 3 heteroatoms. The first-order valence-electron chi connectivity index (χ1n) is 6.72. The van der Waals surface area contributed by atoms with Crippen LogP contribution in [0.25, 0.3) is 33.1 Å². The number of hydrogen-bond acceptors (Lipinski definition) is 2. The molecule has 2 heterocycles. The normalized spacial score (nSPS) is 11.1. The maximum Gasteiger partial charge on any atom is 0.0740 e. The van der Waals surface area contributed by atoms with Crippen molar-refractivity contribution >= 4 is 33.4 Å². The summed E-state index contributed by atoms with van der Waals surface area (Å²) in [5.74, 6) is 0. The first-order chi connectivity index (χ1) is 10.3. The lowest BCUT2D eigenvalue weighted by atomic mass is 10.1. The summed E-state index contributed by atoms with van der Waals surface area (Å²) in [6.45, 7) is 0. The second-order valence-corrected chi connectivity index (χ2v) is 5.27. The number of pyridine rings is 2. The summed E-state index contributed by atoms with van der Waals surface area (Å²) >= 11 is 6.55. The Labute approximate surface area is 127 Å². The van der Waals surface area contributed by atoms with Crippen molar-refractivity contribution in [2.24, 2.45) is 0 Å². The topological polar surface area (TPSA) is 25.8 Å². The fourth-order valence-corrected chi connectivity index (χ4v) is 2.81. The van der Waals surface area contributed by atoms with E-state index in [0.29, 0.717) is 5.02 Å². The Morgan fingerprint density at radius 3 is 2.43 bits per heavy atom. The first-order valence-corrected chi connectivity index (χ1v) is 7.10. The number of rotatable bonds is 1. The van der Waals surface area contributed by atoms with Crippen molar-refractivity contribution in [1.82, 2.24) is 9.97 Å². The van der Waals surface area contributed by atoms with E-state index in [1.165, 1.54) is 0 Å². The van der Waals surface area contributed by atoms with Gasteiger partial charge in [-0.1, -0.05) is 54.1 Å². The van der Waals surface area contributed by atoms with Gasteiger partial charge < -0.3 is 0 Å². The first kappa shape index (κ1) is 12.3. The number of para-hydroxylation sites is 2. The number of benzene rings is 2. The predicted octanol–water partition coefficient (Wildman–Crippen LogP) is 5.10. The molecule has 4 rings (SSSR count). The molecular formula is C18H11ClN2. The molecule has 0 saturated carbocycles. The molecule has 0 aliphatic carbocycles. The van der Waals surface area contributed by atoms with E-state index in [-0.39, 0.29) is 0 Å². The van der Waals surface area contributed by atoms with Crippen LogP contribution >= 0.6 is 11.6 Å². The minimum atomic E-state index is 0.698. The van der Waals surface area contributed by atoms with Crippen molar-refractivity contribution in [3.05, 3.63) is 71.9 Å². The van der Waals surface area contributed by atoms with E-state index in [4.69, 9.17) is 11.6 Å². The smallest absolute Gasteiger partial charge is 0.0740 e. The molecule has 21 heavy (non-hydrogen) atoms. The van der Waals surface area contributed by atoms with Crippen LogP contribution in [0.3, 0.4) is 0 Å². The van der Waals surface area contributed by atoms with Crippen molar-refractivity contribution in [2.45, 2.75) is 0 Å². The maximum atomic E-state index is 6.55. The van der Waals surface area contributed by atoms with E-state index in [9.17, 15) is 0 Å². The zero-order valence-electron chi connectivity index (χ0n) is 11.1. The largest absolute Gasteiger partial charge is 0.255 e. The molecule has 0 saturated heterocycles. The van der Waals surface area contributed by atoms with Gasteiger partial charge in [-0.15, -0.1) is 0 Å². The third kappa shape index (κ3) is 2.05. The third-order valence-corrected chi connectivity index (χ3v) is 3.99. The van der Waals surface area contributed by atoms with Gasteiger partial charge in [0.15, 0.2) is 0 Å². The summed E-state index contributed by atoms with van der Waals surface area (Å²) in [5.41, 5.74) is 3.56. The van der Waals surface area contributed by atoms with Crippen molar-refractivity contribution < 1.29 is 0 Å². The summed E-state index contributed by atoms with van der Waals surface area (Å²) in [4.78, 5) is 9.16. The van der Waals surface area contributed by atoms with Crippen molar-refractivity contribution in [3.8, 4) is 11.3 Å². The van der Waals surface area contributed by atoms with E-state index >= 15 is 0 Å². The summed E-state index contributed by atoms with van der Waals surface area (Å²) in [6, 6.07) is 19.9. The van der Waals surface area contributed by atoms with Crippen LogP contribution in [-0.4, -0.2) is 9.97 Å². The molecule has 0 fully saturated rings. The van der Waals surface area contributed by atoms with Crippen LogP contribution in [0.15, 0.2) is 66.9 Å². The summed E-state index contributed by atoms with van der Waals surface area (Å²) < 4.78 is 0. The van der Waals surface area contributed by atoms with Gasteiger partial charge in [0, 0.05) is 22.5 Å². The van der Waals surface area contributed by atoms with Gasteiger partial charge in [0.25, 0.3) is 0 Å². The number of hydrogen-bond donors (Lipinski definition) is 0. The molecule has 2 nitrogen and oxygen atoms in total. The van der Waals surface area contributed by atoms with E-state index in [1.54, 1.807) is 6.20 Å². The Morgan fingerprint density at radius 1 is 0.762 bits per heavy atom. The molecule has 0 aliphatic heterocycles. The number of nitrogens with zero attached hydrogens (tertiary/aromatic N) is 2. The average molecular weight is 291 g/mol. The minimum absolute atomic E-state index is 0.698. The van der Waals surface area contributed by atoms with Crippen LogP contribution in [0.5, 0.6) is 0 Å². The summed E-state index contributed by atoms with van der Waals surface area (Å²) in [7, 11) is 0. The van der Waals surface area contributed by atoms with E-state index < -0.39 is 0 Å². The van der Waals surface area contributed by atoms with Gasteiger partial charge in [-0.05, 0) is 18.2 Å². The summed E-state index contributed by atoms with van der Waals surface area (Å²) in [6.07, 6.45) is 1.79. The lowest BCUT2D eigenvalue weighted by Gasteiger charge is -2.07. The van der Waals surface area contributed by atoms with Crippen molar-refractivity contribution in [2.75, 3.05) is 0 Å². The van der Waals surface area contributed by atoms with Crippen molar-refractivity contribution in [3.63, 3.8) is 0 Å². The van der Waals surface area contributed by atoms with Crippen LogP contribution in [0.4, 0.5) is 0 Å². The van der Waals surface area contributed by atoms with Gasteiger partial charge in [0.1, 0.15) is 0 Å². The second-order valence-electron chi connectivity index (χ2n) is 4.89. The minimum Gasteiger partial charge on any atom is -0.255 e. The molecule has 0 spiro atoms. The van der Waals surface area contributed by atoms with E-state index in [0.717, 1.165) is 33.1 Å². The van der Waals surface area contributed by atoms with Crippen LogP contribution < -0.4 is 0 Å². The molecule has 4 aromatic rings. The highest BCUT2D eigenvalue weighted by atomic mass is 35.5. The molecule has 2 aromatic carbocycles. The lowest BCUT2D eigenvalue weighted by molar-refractivity contribution is 1.35. The maximum absolute atomic E-state index is 6.55. The Balaban J connectivity index is 1.97. The number of halogens is 1. The Bertz CT molecular complexity index is 963. The van der Waals surface area contributed by atoms with E-state index in [1.807, 2.05) is 54.6 Å². The fraction of sp³-hybridized carbons (Fsp3) is 0. The standard InChI is InChI=1S/C18H11ClN2/c19-18-13-6-2-4-8-16(13)20-11-14(18)17-10-9-12-5-1-3-7-15(12)21-17/h1-11H. The SMILES string of the molecule is Clc1c(-c2ccc3ccccc3n2)cnc2ccccc12. The molecule has 0 N–H and O–H groups in total. The highest BCUT2D eigenvalue weighted by Crippen LogP contribution is 2.32. The molecule has 0 unspecified atom stereocenters. The molecule has 0 radical (unpaired) electrons. The average Bonchev–Trinajstić information content (AvgIpc) is 2.55. The zero-order chi connectivity index (χ0) is 14.2. The molecule has 0 bridgehead atoms. The Morgan fingerprint density at radius 2 is 1.52 bits per heavy atom.